The van der Waals surface area contributed by atoms with E-state index in [0.717, 1.165) is 20.2 Å². The van der Waals surface area contributed by atoms with Crippen molar-refractivity contribution in [1.29, 1.82) is 0 Å². The van der Waals surface area contributed by atoms with Gasteiger partial charge in [-0.25, -0.2) is 8.42 Å². The maximum absolute atomic E-state index is 13.4. The Morgan fingerprint density at radius 2 is 1.46 bits per heavy atom. The third-order valence-electron chi connectivity index (χ3n) is 4.60. The van der Waals surface area contributed by atoms with Crippen LogP contribution in [0.4, 0.5) is 0 Å². The van der Waals surface area contributed by atoms with Gasteiger partial charge < -0.3 is 4.57 Å². The van der Waals surface area contributed by atoms with Crippen LogP contribution in [0, 0.1) is 0 Å². The van der Waals surface area contributed by atoms with Gasteiger partial charge in [0, 0.05) is 33.9 Å². The number of nitrogens with zero attached hydrogens (tertiary/aromatic N) is 2. The zero-order chi connectivity index (χ0) is 18.3. The minimum absolute atomic E-state index is 0.308. The minimum Gasteiger partial charge on any atom is -0.348 e. The molecule has 4 rings (SSSR count). The molecule has 0 amide bonds. The summed E-state index contributed by atoms with van der Waals surface area (Å²) < 4.78 is 32.3. The molecule has 0 N–H and O–H groups in total. The average molecular weight is 496 g/mol. The molecule has 7 heteroatoms. The van der Waals surface area contributed by atoms with Crippen molar-refractivity contribution in [2.45, 2.75) is 17.5 Å². The fourth-order valence-electron chi connectivity index (χ4n) is 3.35. The van der Waals surface area contributed by atoms with Crippen LogP contribution in [-0.4, -0.2) is 23.8 Å². The Kier molecular flexibility index (Phi) is 4.81. The molecule has 134 valence electrons. The van der Waals surface area contributed by atoms with E-state index in [-0.39, 0.29) is 6.04 Å². The maximum atomic E-state index is 13.4. The molecule has 0 saturated carbocycles. The van der Waals surface area contributed by atoms with Gasteiger partial charge in [0.25, 0.3) is 0 Å². The highest BCUT2D eigenvalue weighted by Crippen LogP contribution is 2.37. The molecular formula is C19H16Br2N2O2S. The van der Waals surface area contributed by atoms with Gasteiger partial charge in [0.1, 0.15) is 0 Å². The Morgan fingerprint density at radius 3 is 2.12 bits per heavy atom. The first-order valence-electron chi connectivity index (χ1n) is 8.15. The molecule has 1 aliphatic heterocycles. The fourth-order valence-corrected chi connectivity index (χ4v) is 5.45. The third kappa shape index (κ3) is 3.17. The molecule has 0 radical (unpaired) electrons. The third-order valence-corrected chi connectivity index (χ3v) is 7.54. The summed E-state index contributed by atoms with van der Waals surface area (Å²) in [5.74, 6) is 0. The van der Waals surface area contributed by atoms with Crippen molar-refractivity contribution in [2.75, 3.05) is 6.54 Å². The number of fused-ring (bicyclic) bond motifs is 1. The van der Waals surface area contributed by atoms with E-state index in [1.165, 1.54) is 0 Å². The number of halogens is 2. The molecule has 0 bridgehead atoms. The van der Waals surface area contributed by atoms with Crippen LogP contribution in [0.15, 0.2) is 80.7 Å². The lowest BCUT2D eigenvalue weighted by Crippen LogP contribution is -2.42. The normalized spacial score (nSPS) is 17.8. The van der Waals surface area contributed by atoms with Gasteiger partial charge in [0.2, 0.25) is 10.0 Å². The molecule has 0 aliphatic carbocycles. The van der Waals surface area contributed by atoms with E-state index >= 15 is 0 Å². The fraction of sp³-hybridized carbons (Fsp3) is 0.158. The van der Waals surface area contributed by atoms with Crippen LogP contribution in [-0.2, 0) is 16.6 Å². The second-order valence-corrected chi connectivity index (χ2v) is 9.87. The molecule has 2 aromatic carbocycles. The largest absolute Gasteiger partial charge is 0.348 e. The van der Waals surface area contributed by atoms with Crippen molar-refractivity contribution in [3.05, 3.63) is 87.1 Å². The summed E-state index contributed by atoms with van der Waals surface area (Å²) in [5.41, 5.74) is 1.94. The SMILES string of the molecule is O=S(=O)(c1ccc(Br)cc1)N1CCn2cccc2C1c1ccc(Br)cc1. The Morgan fingerprint density at radius 1 is 0.846 bits per heavy atom. The van der Waals surface area contributed by atoms with Crippen molar-refractivity contribution in [3.8, 4) is 0 Å². The van der Waals surface area contributed by atoms with Gasteiger partial charge >= 0.3 is 0 Å². The van der Waals surface area contributed by atoms with Gasteiger partial charge in [-0.3, -0.25) is 0 Å². The highest BCUT2D eigenvalue weighted by atomic mass is 79.9. The van der Waals surface area contributed by atoms with Gasteiger partial charge in [-0.1, -0.05) is 44.0 Å². The lowest BCUT2D eigenvalue weighted by atomic mass is 10.0. The summed E-state index contributed by atoms with van der Waals surface area (Å²) in [6, 6.07) is 18.3. The Balaban J connectivity index is 1.83. The van der Waals surface area contributed by atoms with E-state index < -0.39 is 10.0 Å². The van der Waals surface area contributed by atoms with E-state index in [4.69, 9.17) is 0 Å². The number of sulfonamides is 1. The standard InChI is InChI=1S/C19H16Br2N2O2S/c20-15-5-3-14(4-6-15)19-18-2-1-11-22(18)12-13-23(19)26(24,25)17-9-7-16(21)8-10-17/h1-11,19H,12-13H2. The first-order chi connectivity index (χ1) is 12.5. The lowest BCUT2D eigenvalue weighted by Gasteiger charge is -2.36. The summed E-state index contributed by atoms with van der Waals surface area (Å²) >= 11 is 6.81. The molecule has 2 heterocycles. The number of hydrogen-bond acceptors (Lipinski definition) is 2. The molecule has 1 unspecified atom stereocenters. The molecule has 0 saturated heterocycles. The van der Waals surface area contributed by atoms with E-state index in [9.17, 15) is 8.42 Å². The molecule has 4 nitrogen and oxygen atoms in total. The summed E-state index contributed by atoms with van der Waals surface area (Å²) in [4.78, 5) is 0.308. The smallest absolute Gasteiger partial charge is 0.244 e. The van der Waals surface area contributed by atoms with Crippen LogP contribution >= 0.6 is 31.9 Å². The first kappa shape index (κ1) is 18.0. The lowest BCUT2D eigenvalue weighted by molar-refractivity contribution is 0.298. The van der Waals surface area contributed by atoms with Gasteiger partial charge in [-0.2, -0.15) is 4.31 Å². The van der Waals surface area contributed by atoms with E-state index in [2.05, 4.69) is 36.4 Å². The summed E-state index contributed by atoms with van der Waals surface area (Å²) in [6.07, 6.45) is 2.00. The van der Waals surface area contributed by atoms with Crippen LogP contribution in [0.3, 0.4) is 0 Å². The Bertz CT molecular complexity index is 1030. The van der Waals surface area contributed by atoms with Crippen molar-refractivity contribution in [1.82, 2.24) is 8.87 Å². The highest BCUT2D eigenvalue weighted by Gasteiger charge is 2.37. The quantitative estimate of drug-likeness (QED) is 0.523. The first-order valence-corrected chi connectivity index (χ1v) is 11.2. The van der Waals surface area contributed by atoms with E-state index in [1.54, 1.807) is 28.6 Å². The van der Waals surface area contributed by atoms with Crippen LogP contribution in [0.2, 0.25) is 0 Å². The summed E-state index contributed by atoms with van der Waals surface area (Å²) in [5, 5.41) is 0. The van der Waals surface area contributed by atoms with Gasteiger partial charge in [0.15, 0.2) is 0 Å². The van der Waals surface area contributed by atoms with Crippen LogP contribution in [0.5, 0.6) is 0 Å². The number of rotatable bonds is 3. The predicted molar refractivity (Wildman–Crippen MR) is 108 cm³/mol. The minimum atomic E-state index is -3.62. The topological polar surface area (TPSA) is 42.3 Å². The zero-order valence-electron chi connectivity index (χ0n) is 13.7. The summed E-state index contributed by atoms with van der Waals surface area (Å²) in [7, 11) is -3.62. The number of benzene rings is 2. The van der Waals surface area contributed by atoms with E-state index in [1.807, 2.05) is 42.6 Å². The van der Waals surface area contributed by atoms with Crippen molar-refractivity contribution in [2.24, 2.45) is 0 Å². The molecule has 26 heavy (non-hydrogen) atoms. The van der Waals surface area contributed by atoms with E-state index in [0.29, 0.717) is 18.0 Å². The van der Waals surface area contributed by atoms with Gasteiger partial charge in [-0.05, 0) is 54.1 Å². The monoisotopic (exact) mass is 494 g/mol. The molecule has 3 aromatic rings. The highest BCUT2D eigenvalue weighted by molar-refractivity contribution is 9.10. The Labute approximate surface area is 169 Å². The summed E-state index contributed by atoms with van der Waals surface area (Å²) in [6.45, 7) is 1.08. The van der Waals surface area contributed by atoms with Crippen molar-refractivity contribution < 1.29 is 8.42 Å². The molecule has 0 fully saturated rings. The molecule has 1 aliphatic rings. The molecule has 1 atom stereocenters. The molecular weight excluding hydrogens is 480 g/mol. The second-order valence-electron chi connectivity index (χ2n) is 6.15. The number of aromatic nitrogens is 1. The zero-order valence-corrected chi connectivity index (χ0v) is 17.7. The maximum Gasteiger partial charge on any atom is 0.244 e. The van der Waals surface area contributed by atoms with Gasteiger partial charge in [0.05, 0.1) is 10.9 Å². The second kappa shape index (κ2) is 6.96. The van der Waals surface area contributed by atoms with Crippen LogP contribution in [0.25, 0.3) is 0 Å². The van der Waals surface area contributed by atoms with Crippen LogP contribution < -0.4 is 0 Å². The average Bonchev–Trinajstić information content (AvgIpc) is 3.11. The number of hydrogen-bond donors (Lipinski definition) is 0. The van der Waals surface area contributed by atoms with Crippen molar-refractivity contribution in [3.63, 3.8) is 0 Å². The predicted octanol–water partition coefficient (Wildman–Crippen LogP) is 4.81. The van der Waals surface area contributed by atoms with Gasteiger partial charge in [-0.15, -0.1) is 0 Å². The van der Waals surface area contributed by atoms with Crippen molar-refractivity contribution >= 4 is 41.9 Å². The molecule has 1 aromatic heterocycles. The molecule has 0 spiro atoms. The Hall–Kier alpha value is -1.41. The van der Waals surface area contributed by atoms with Crippen LogP contribution in [0.1, 0.15) is 17.3 Å².